The zero-order chi connectivity index (χ0) is 16.5. The van der Waals surface area contributed by atoms with Gasteiger partial charge in [0, 0.05) is 32.1 Å². The molecule has 0 amide bonds. The van der Waals surface area contributed by atoms with E-state index < -0.39 is 0 Å². The van der Waals surface area contributed by atoms with Crippen molar-refractivity contribution in [2.75, 3.05) is 13.6 Å². The third-order valence-corrected chi connectivity index (χ3v) is 3.81. The van der Waals surface area contributed by atoms with Crippen molar-refractivity contribution in [3.63, 3.8) is 0 Å². The molecule has 132 valence electrons. The number of aromatic nitrogens is 1. The average molecular weight is 442 g/mol. The number of halogens is 1. The molecule has 0 saturated carbocycles. The molecule has 1 aromatic heterocycles. The van der Waals surface area contributed by atoms with Crippen LogP contribution in [0.15, 0.2) is 39.8 Å². The van der Waals surface area contributed by atoms with E-state index in [-0.39, 0.29) is 24.0 Å². The first-order valence-electron chi connectivity index (χ1n) is 8.23. The first-order valence-corrected chi connectivity index (χ1v) is 8.23. The highest BCUT2D eigenvalue weighted by Gasteiger charge is 2.13. The van der Waals surface area contributed by atoms with E-state index in [4.69, 9.17) is 4.52 Å². The Hall–Kier alpha value is -1.57. The Morgan fingerprint density at radius 3 is 2.50 bits per heavy atom. The maximum absolute atomic E-state index is 5.39. The molecular formula is C18H27IN4O. The van der Waals surface area contributed by atoms with Gasteiger partial charge in [0.15, 0.2) is 5.96 Å². The first kappa shape index (κ1) is 20.5. The Bertz CT molecular complexity index is 604. The first-order chi connectivity index (χ1) is 11.3. The fourth-order valence-electron chi connectivity index (χ4n) is 2.50. The molecule has 0 fully saturated rings. The summed E-state index contributed by atoms with van der Waals surface area (Å²) in [4.78, 5) is 4.27. The van der Waals surface area contributed by atoms with Crippen molar-refractivity contribution in [2.24, 2.45) is 4.99 Å². The minimum atomic E-state index is 0. The lowest BCUT2D eigenvalue weighted by molar-refractivity contribution is 0.380. The second-order valence-corrected chi connectivity index (χ2v) is 5.33. The SMILES string of the molecule is CCc1noc(CC)c1CNC(=NC)NCCc1ccccc1.I. The van der Waals surface area contributed by atoms with Crippen LogP contribution in [-0.2, 0) is 25.8 Å². The van der Waals surface area contributed by atoms with E-state index in [9.17, 15) is 0 Å². The van der Waals surface area contributed by atoms with Crippen LogP contribution in [0.2, 0.25) is 0 Å². The van der Waals surface area contributed by atoms with Crippen molar-refractivity contribution in [2.45, 2.75) is 39.7 Å². The Balaban J connectivity index is 0.00000288. The largest absolute Gasteiger partial charge is 0.361 e. The van der Waals surface area contributed by atoms with Crippen LogP contribution in [0, 0.1) is 0 Å². The molecule has 0 spiro atoms. The van der Waals surface area contributed by atoms with Gasteiger partial charge in [-0.05, 0) is 18.4 Å². The molecule has 2 rings (SSSR count). The quantitative estimate of drug-likeness (QED) is 0.393. The van der Waals surface area contributed by atoms with Crippen molar-refractivity contribution >= 4 is 29.9 Å². The zero-order valence-electron chi connectivity index (χ0n) is 14.6. The predicted octanol–water partition coefficient (Wildman–Crippen LogP) is 3.33. The molecule has 1 heterocycles. The van der Waals surface area contributed by atoms with Crippen LogP contribution in [0.1, 0.15) is 36.4 Å². The topological polar surface area (TPSA) is 62.5 Å². The lowest BCUT2D eigenvalue weighted by atomic mass is 10.1. The van der Waals surface area contributed by atoms with Crippen molar-refractivity contribution in [3.05, 3.63) is 52.9 Å². The summed E-state index contributed by atoms with van der Waals surface area (Å²) < 4.78 is 5.39. The molecule has 0 radical (unpaired) electrons. The second kappa shape index (κ2) is 11.1. The van der Waals surface area contributed by atoms with Gasteiger partial charge in [0.2, 0.25) is 0 Å². The standard InChI is InChI=1S/C18H26N4O.HI/c1-4-16-15(17(5-2)23-22-16)13-21-18(19-3)20-12-11-14-9-7-6-8-10-14;/h6-10H,4-5,11-13H2,1-3H3,(H2,19,20,21);1H. The molecule has 2 aromatic rings. The summed E-state index contributed by atoms with van der Waals surface area (Å²) in [6, 6.07) is 10.4. The van der Waals surface area contributed by atoms with Gasteiger partial charge in [-0.2, -0.15) is 0 Å². The zero-order valence-corrected chi connectivity index (χ0v) is 17.0. The fourth-order valence-corrected chi connectivity index (χ4v) is 2.50. The smallest absolute Gasteiger partial charge is 0.191 e. The van der Waals surface area contributed by atoms with Crippen LogP contribution in [0.5, 0.6) is 0 Å². The van der Waals surface area contributed by atoms with E-state index in [1.54, 1.807) is 7.05 Å². The normalized spacial score (nSPS) is 11.0. The third-order valence-electron chi connectivity index (χ3n) is 3.81. The summed E-state index contributed by atoms with van der Waals surface area (Å²) in [7, 11) is 1.78. The van der Waals surface area contributed by atoms with Crippen molar-refractivity contribution in [3.8, 4) is 0 Å². The number of aliphatic imine (C=N–C) groups is 1. The van der Waals surface area contributed by atoms with Gasteiger partial charge >= 0.3 is 0 Å². The molecule has 0 aliphatic rings. The molecular weight excluding hydrogens is 415 g/mol. The number of guanidine groups is 1. The fraction of sp³-hybridized carbons (Fsp3) is 0.444. The predicted molar refractivity (Wildman–Crippen MR) is 109 cm³/mol. The Morgan fingerprint density at radius 2 is 1.88 bits per heavy atom. The summed E-state index contributed by atoms with van der Waals surface area (Å²) >= 11 is 0. The van der Waals surface area contributed by atoms with Crippen LogP contribution in [0.4, 0.5) is 0 Å². The monoisotopic (exact) mass is 442 g/mol. The Morgan fingerprint density at radius 1 is 1.12 bits per heavy atom. The molecule has 2 N–H and O–H groups in total. The lowest BCUT2D eigenvalue weighted by Gasteiger charge is -2.12. The number of aryl methyl sites for hydroxylation is 2. The Kier molecular flexibility index (Phi) is 9.44. The van der Waals surface area contributed by atoms with Crippen molar-refractivity contribution in [1.29, 1.82) is 0 Å². The van der Waals surface area contributed by atoms with Crippen LogP contribution in [-0.4, -0.2) is 24.7 Å². The van der Waals surface area contributed by atoms with Crippen LogP contribution in [0.3, 0.4) is 0 Å². The molecule has 0 aliphatic heterocycles. The van der Waals surface area contributed by atoms with Gasteiger partial charge in [0.05, 0.1) is 5.69 Å². The summed E-state index contributed by atoms with van der Waals surface area (Å²) in [6.07, 6.45) is 2.69. The molecule has 24 heavy (non-hydrogen) atoms. The highest BCUT2D eigenvalue weighted by atomic mass is 127. The summed E-state index contributed by atoms with van der Waals surface area (Å²) in [6.45, 7) is 5.69. The molecule has 1 aromatic carbocycles. The number of benzene rings is 1. The van der Waals surface area contributed by atoms with Crippen molar-refractivity contribution in [1.82, 2.24) is 15.8 Å². The lowest BCUT2D eigenvalue weighted by Crippen LogP contribution is -2.38. The molecule has 6 heteroatoms. The number of hydrogen-bond acceptors (Lipinski definition) is 3. The number of nitrogens with zero attached hydrogens (tertiary/aromatic N) is 2. The van der Waals surface area contributed by atoms with Gasteiger partial charge in [-0.3, -0.25) is 4.99 Å². The van der Waals surface area contributed by atoms with Crippen molar-refractivity contribution < 1.29 is 4.52 Å². The van der Waals surface area contributed by atoms with Gasteiger partial charge in [-0.15, -0.1) is 24.0 Å². The molecule has 0 atom stereocenters. The summed E-state index contributed by atoms with van der Waals surface area (Å²) in [5.41, 5.74) is 3.49. The molecule has 0 unspecified atom stereocenters. The van der Waals surface area contributed by atoms with E-state index in [0.29, 0.717) is 6.54 Å². The van der Waals surface area contributed by atoms with E-state index in [0.717, 1.165) is 48.8 Å². The number of nitrogens with one attached hydrogen (secondary N) is 2. The van der Waals surface area contributed by atoms with E-state index in [2.05, 4.69) is 58.9 Å². The minimum absolute atomic E-state index is 0. The molecule has 0 aliphatic carbocycles. The maximum atomic E-state index is 5.39. The highest BCUT2D eigenvalue weighted by Crippen LogP contribution is 2.15. The van der Waals surface area contributed by atoms with Gasteiger partial charge in [0.1, 0.15) is 5.76 Å². The van der Waals surface area contributed by atoms with Gasteiger partial charge < -0.3 is 15.2 Å². The van der Waals surface area contributed by atoms with Gasteiger partial charge in [-0.25, -0.2) is 0 Å². The number of rotatable bonds is 7. The van der Waals surface area contributed by atoms with Gasteiger partial charge in [0.25, 0.3) is 0 Å². The summed E-state index contributed by atoms with van der Waals surface area (Å²) in [5.74, 6) is 1.75. The second-order valence-electron chi connectivity index (χ2n) is 5.33. The van der Waals surface area contributed by atoms with E-state index in [1.165, 1.54) is 5.56 Å². The summed E-state index contributed by atoms with van der Waals surface area (Å²) in [5, 5.41) is 10.8. The molecule has 5 nitrogen and oxygen atoms in total. The number of hydrogen-bond donors (Lipinski definition) is 2. The Labute approximate surface area is 161 Å². The van der Waals surface area contributed by atoms with Crippen LogP contribution < -0.4 is 10.6 Å². The average Bonchev–Trinajstić information content (AvgIpc) is 3.00. The minimum Gasteiger partial charge on any atom is -0.361 e. The maximum Gasteiger partial charge on any atom is 0.191 e. The van der Waals surface area contributed by atoms with Crippen LogP contribution in [0.25, 0.3) is 0 Å². The third kappa shape index (κ3) is 5.81. The van der Waals surface area contributed by atoms with Gasteiger partial charge in [-0.1, -0.05) is 49.3 Å². The highest BCUT2D eigenvalue weighted by molar-refractivity contribution is 14.0. The molecule has 0 saturated heterocycles. The van der Waals surface area contributed by atoms with E-state index >= 15 is 0 Å². The molecule has 0 bridgehead atoms. The van der Waals surface area contributed by atoms with Crippen LogP contribution >= 0.6 is 24.0 Å². The van der Waals surface area contributed by atoms with E-state index in [1.807, 2.05) is 6.07 Å².